The Balaban J connectivity index is 2.00. The van der Waals surface area contributed by atoms with Crippen LogP contribution in [0, 0.1) is 5.92 Å². The van der Waals surface area contributed by atoms with E-state index in [1.807, 2.05) is 0 Å². The van der Waals surface area contributed by atoms with E-state index in [9.17, 15) is 0 Å². The second kappa shape index (κ2) is 8.26. The number of unbranched alkanes of at least 4 members (excludes halogenated alkanes) is 2. The zero-order chi connectivity index (χ0) is 14.3. The molecule has 0 saturated heterocycles. The molecule has 0 heterocycles. The molecule has 1 rings (SSSR count). The highest BCUT2D eigenvalue weighted by atomic mass is 15.1. The average Bonchev–Trinajstić information content (AvgIpc) is 2.33. The topological polar surface area (TPSA) is 15.3 Å². The van der Waals surface area contributed by atoms with Crippen molar-refractivity contribution < 1.29 is 0 Å². The highest BCUT2D eigenvalue weighted by Crippen LogP contribution is 2.26. The first kappa shape index (κ1) is 17.0. The second-order valence-electron chi connectivity index (χ2n) is 7.63. The maximum Gasteiger partial charge on any atom is 0.00965 e. The third kappa shape index (κ3) is 7.94. The van der Waals surface area contributed by atoms with Crippen LogP contribution in [0.1, 0.15) is 72.6 Å². The van der Waals surface area contributed by atoms with Crippen LogP contribution in [0.5, 0.6) is 0 Å². The molecule has 1 aliphatic carbocycles. The fourth-order valence-electron chi connectivity index (χ4n) is 2.99. The van der Waals surface area contributed by atoms with Gasteiger partial charge in [0.1, 0.15) is 0 Å². The molecular formula is C17H36N2. The monoisotopic (exact) mass is 268 g/mol. The van der Waals surface area contributed by atoms with E-state index in [-0.39, 0.29) is 5.54 Å². The standard InChI is InChI=1S/C17H36N2/c1-15-9-11-16(12-10-15)19(5)14-8-6-7-13-18-17(2,3)4/h15-16,18H,6-14H2,1-5H3. The van der Waals surface area contributed by atoms with Gasteiger partial charge in [-0.05, 0) is 85.4 Å². The van der Waals surface area contributed by atoms with E-state index in [4.69, 9.17) is 0 Å². The van der Waals surface area contributed by atoms with Gasteiger partial charge >= 0.3 is 0 Å². The second-order valence-corrected chi connectivity index (χ2v) is 7.63. The van der Waals surface area contributed by atoms with E-state index in [0.29, 0.717) is 0 Å². The van der Waals surface area contributed by atoms with Crippen molar-refractivity contribution in [3.05, 3.63) is 0 Å². The number of nitrogens with one attached hydrogen (secondary N) is 1. The van der Waals surface area contributed by atoms with Gasteiger partial charge in [-0.1, -0.05) is 13.3 Å². The lowest BCUT2D eigenvalue weighted by Crippen LogP contribution is -2.36. The summed E-state index contributed by atoms with van der Waals surface area (Å²) in [4.78, 5) is 2.61. The summed E-state index contributed by atoms with van der Waals surface area (Å²) in [6.07, 6.45) is 9.74. The molecule has 1 N–H and O–H groups in total. The number of hydrogen-bond acceptors (Lipinski definition) is 2. The van der Waals surface area contributed by atoms with Crippen LogP contribution in [0.15, 0.2) is 0 Å². The van der Waals surface area contributed by atoms with Crippen molar-refractivity contribution in [2.24, 2.45) is 5.92 Å². The van der Waals surface area contributed by atoms with Gasteiger partial charge in [0.25, 0.3) is 0 Å². The highest BCUT2D eigenvalue weighted by molar-refractivity contribution is 4.76. The molecule has 0 aliphatic heterocycles. The summed E-state index contributed by atoms with van der Waals surface area (Å²) in [6, 6.07) is 0.865. The van der Waals surface area contributed by atoms with Crippen molar-refractivity contribution in [3.63, 3.8) is 0 Å². The van der Waals surface area contributed by atoms with Crippen molar-refractivity contribution in [1.82, 2.24) is 10.2 Å². The van der Waals surface area contributed by atoms with E-state index in [0.717, 1.165) is 18.5 Å². The van der Waals surface area contributed by atoms with Crippen LogP contribution in [0.4, 0.5) is 0 Å². The molecule has 2 heteroatoms. The first-order valence-corrected chi connectivity index (χ1v) is 8.34. The molecule has 2 nitrogen and oxygen atoms in total. The minimum Gasteiger partial charge on any atom is -0.312 e. The third-order valence-corrected chi connectivity index (χ3v) is 4.45. The normalized spacial score (nSPS) is 24.9. The minimum absolute atomic E-state index is 0.273. The maximum absolute atomic E-state index is 3.56. The highest BCUT2D eigenvalue weighted by Gasteiger charge is 2.21. The average molecular weight is 268 g/mol. The summed E-state index contributed by atoms with van der Waals surface area (Å²) >= 11 is 0. The number of rotatable bonds is 7. The van der Waals surface area contributed by atoms with Gasteiger partial charge in [-0.15, -0.1) is 0 Å². The van der Waals surface area contributed by atoms with Crippen molar-refractivity contribution in [1.29, 1.82) is 0 Å². The van der Waals surface area contributed by atoms with Gasteiger partial charge in [-0.25, -0.2) is 0 Å². The molecule has 0 aromatic carbocycles. The Morgan fingerprint density at radius 2 is 1.63 bits per heavy atom. The molecule has 114 valence electrons. The van der Waals surface area contributed by atoms with Crippen LogP contribution in [0.25, 0.3) is 0 Å². The quantitative estimate of drug-likeness (QED) is 0.701. The molecule has 0 aromatic rings. The molecule has 19 heavy (non-hydrogen) atoms. The molecule has 0 radical (unpaired) electrons. The molecule has 0 spiro atoms. The summed E-state index contributed by atoms with van der Waals surface area (Å²) in [7, 11) is 2.33. The Bertz CT molecular complexity index is 224. The smallest absolute Gasteiger partial charge is 0.00965 e. The fraction of sp³-hybridized carbons (Fsp3) is 1.00. The van der Waals surface area contributed by atoms with Crippen LogP contribution in [0.2, 0.25) is 0 Å². The SMILES string of the molecule is CC1CCC(N(C)CCCCCNC(C)(C)C)CC1. The fourth-order valence-corrected chi connectivity index (χ4v) is 2.99. The van der Waals surface area contributed by atoms with Crippen molar-refractivity contribution in [2.75, 3.05) is 20.1 Å². The molecule has 0 unspecified atom stereocenters. The van der Waals surface area contributed by atoms with Gasteiger partial charge in [-0.3, -0.25) is 0 Å². The Morgan fingerprint density at radius 1 is 1.00 bits per heavy atom. The first-order valence-electron chi connectivity index (χ1n) is 8.34. The van der Waals surface area contributed by atoms with Gasteiger partial charge < -0.3 is 10.2 Å². The third-order valence-electron chi connectivity index (χ3n) is 4.45. The van der Waals surface area contributed by atoms with Crippen molar-refractivity contribution in [3.8, 4) is 0 Å². The lowest BCUT2D eigenvalue weighted by atomic mass is 9.87. The first-order chi connectivity index (χ1) is 8.88. The van der Waals surface area contributed by atoms with Crippen LogP contribution >= 0.6 is 0 Å². The van der Waals surface area contributed by atoms with Crippen LogP contribution < -0.4 is 5.32 Å². The number of hydrogen-bond donors (Lipinski definition) is 1. The van der Waals surface area contributed by atoms with Crippen LogP contribution in [-0.2, 0) is 0 Å². The van der Waals surface area contributed by atoms with Gasteiger partial charge in [0.05, 0.1) is 0 Å². The summed E-state index contributed by atoms with van der Waals surface area (Å²) < 4.78 is 0. The Kier molecular flexibility index (Phi) is 7.38. The molecule has 0 amide bonds. The summed E-state index contributed by atoms with van der Waals surface area (Å²) in [6.45, 7) is 11.6. The summed E-state index contributed by atoms with van der Waals surface area (Å²) in [5.74, 6) is 0.966. The predicted octanol–water partition coefficient (Wildman–Crippen LogP) is 4.06. The zero-order valence-electron chi connectivity index (χ0n) is 14.0. The van der Waals surface area contributed by atoms with E-state index in [1.165, 1.54) is 51.5 Å². The van der Waals surface area contributed by atoms with Gasteiger partial charge in [0.2, 0.25) is 0 Å². The minimum atomic E-state index is 0.273. The van der Waals surface area contributed by atoms with E-state index in [1.54, 1.807) is 0 Å². The van der Waals surface area contributed by atoms with Crippen molar-refractivity contribution >= 4 is 0 Å². The molecule has 1 aliphatic rings. The van der Waals surface area contributed by atoms with Gasteiger partial charge in [0.15, 0.2) is 0 Å². The number of nitrogens with zero attached hydrogens (tertiary/aromatic N) is 1. The van der Waals surface area contributed by atoms with Crippen molar-refractivity contribution in [2.45, 2.75) is 84.2 Å². The lowest BCUT2D eigenvalue weighted by molar-refractivity contribution is 0.167. The molecular weight excluding hydrogens is 232 g/mol. The summed E-state index contributed by atoms with van der Waals surface area (Å²) in [5, 5.41) is 3.56. The molecule has 1 fully saturated rings. The molecule has 1 saturated carbocycles. The summed E-state index contributed by atoms with van der Waals surface area (Å²) in [5.41, 5.74) is 0.273. The Labute approximate surface area is 121 Å². The van der Waals surface area contributed by atoms with E-state index < -0.39 is 0 Å². The van der Waals surface area contributed by atoms with Crippen LogP contribution in [0.3, 0.4) is 0 Å². The molecule has 0 bridgehead atoms. The molecule has 0 atom stereocenters. The largest absolute Gasteiger partial charge is 0.312 e. The predicted molar refractivity (Wildman–Crippen MR) is 85.7 cm³/mol. The van der Waals surface area contributed by atoms with Gasteiger partial charge in [-0.2, -0.15) is 0 Å². The van der Waals surface area contributed by atoms with E-state index in [2.05, 4.69) is 45.0 Å². The van der Waals surface area contributed by atoms with Gasteiger partial charge in [0, 0.05) is 11.6 Å². The zero-order valence-corrected chi connectivity index (χ0v) is 14.0. The Hall–Kier alpha value is -0.0800. The van der Waals surface area contributed by atoms with E-state index >= 15 is 0 Å². The van der Waals surface area contributed by atoms with Crippen LogP contribution in [-0.4, -0.2) is 36.6 Å². The maximum atomic E-state index is 3.56. The lowest BCUT2D eigenvalue weighted by Gasteiger charge is -2.33. The molecule has 0 aromatic heterocycles. The Morgan fingerprint density at radius 3 is 2.21 bits per heavy atom.